The SMILES string of the molecule is CC(=O)NCCCC(=O)N1CCC[C@H](COc2ccc(F)cc2)C1. The molecule has 0 spiro atoms. The summed E-state index contributed by atoms with van der Waals surface area (Å²) in [4.78, 5) is 24.9. The van der Waals surface area contributed by atoms with Gasteiger partial charge in [0.25, 0.3) is 0 Å². The molecule has 6 heteroatoms. The summed E-state index contributed by atoms with van der Waals surface area (Å²) in [5.74, 6) is 0.722. The van der Waals surface area contributed by atoms with Gasteiger partial charge in [-0.1, -0.05) is 0 Å². The van der Waals surface area contributed by atoms with Crippen LogP contribution in [0.3, 0.4) is 0 Å². The third kappa shape index (κ3) is 6.18. The Morgan fingerprint density at radius 1 is 1.33 bits per heavy atom. The summed E-state index contributed by atoms with van der Waals surface area (Å²) in [6.07, 6.45) is 3.10. The summed E-state index contributed by atoms with van der Waals surface area (Å²) in [6, 6.07) is 5.98. The molecule has 2 rings (SSSR count). The van der Waals surface area contributed by atoms with Gasteiger partial charge in [-0.2, -0.15) is 0 Å². The summed E-state index contributed by atoms with van der Waals surface area (Å²) in [5, 5.41) is 2.70. The van der Waals surface area contributed by atoms with Gasteiger partial charge in [-0.25, -0.2) is 4.39 Å². The molecule has 1 atom stereocenters. The molecule has 1 saturated heterocycles. The molecule has 1 aliphatic rings. The average Bonchev–Trinajstić information content (AvgIpc) is 2.58. The molecule has 2 amide bonds. The minimum Gasteiger partial charge on any atom is -0.493 e. The minimum atomic E-state index is -0.281. The van der Waals surface area contributed by atoms with Gasteiger partial charge in [0, 0.05) is 38.9 Å². The maximum atomic E-state index is 12.9. The molecule has 132 valence electrons. The number of likely N-dealkylation sites (tertiary alicyclic amines) is 1. The maximum absolute atomic E-state index is 12.9. The Morgan fingerprint density at radius 3 is 2.79 bits per heavy atom. The summed E-state index contributed by atoms with van der Waals surface area (Å²) < 4.78 is 18.6. The molecule has 1 aromatic rings. The first-order chi connectivity index (χ1) is 11.5. The zero-order valence-electron chi connectivity index (χ0n) is 14.1. The molecular formula is C18H25FN2O3. The summed E-state index contributed by atoms with van der Waals surface area (Å²) in [7, 11) is 0. The molecular weight excluding hydrogens is 311 g/mol. The Hall–Kier alpha value is -2.11. The van der Waals surface area contributed by atoms with E-state index >= 15 is 0 Å². The van der Waals surface area contributed by atoms with E-state index in [0.29, 0.717) is 44.2 Å². The Balaban J connectivity index is 1.71. The van der Waals surface area contributed by atoms with Crippen molar-refractivity contribution in [3.63, 3.8) is 0 Å². The number of nitrogens with zero attached hydrogens (tertiary/aromatic N) is 1. The van der Waals surface area contributed by atoms with Crippen LogP contribution in [0.15, 0.2) is 24.3 Å². The normalized spacial score (nSPS) is 17.4. The van der Waals surface area contributed by atoms with Crippen LogP contribution in [0.5, 0.6) is 5.75 Å². The lowest BCUT2D eigenvalue weighted by molar-refractivity contribution is -0.133. The predicted molar refractivity (Wildman–Crippen MR) is 89.1 cm³/mol. The molecule has 1 heterocycles. The fourth-order valence-electron chi connectivity index (χ4n) is 2.83. The van der Waals surface area contributed by atoms with Crippen molar-refractivity contribution in [2.24, 2.45) is 5.92 Å². The molecule has 1 aliphatic heterocycles. The lowest BCUT2D eigenvalue weighted by Gasteiger charge is -2.32. The van der Waals surface area contributed by atoms with Crippen molar-refractivity contribution in [1.82, 2.24) is 10.2 Å². The number of piperidine rings is 1. The van der Waals surface area contributed by atoms with Gasteiger partial charge in [-0.15, -0.1) is 0 Å². The molecule has 1 aromatic carbocycles. The van der Waals surface area contributed by atoms with Gasteiger partial charge < -0.3 is 15.0 Å². The van der Waals surface area contributed by atoms with E-state index in [1.807, 2.05) is 4.90 Å². The van der Waals surface area contributed by atoms with Gasteiger partial charge in [0.15, 0.2) is 0 Å². The van der Waals surface area contributed by atoms with Crippen molar-refractivity contribution < 1.29 is 18.7 Å². The Kier molecular flexibility index (Phi) is 7.03. The van der Waals surface area contributed by atoms with Crippen LogP contribution in [0.4, 0.5) is 4.39 Å². The predicted octanol–water partition coefficient (Wildman–Crippen LogP) is 2.36. The molecule has 1 fully saturated rings. The van der Waals surface area contributed by atoms with Crippen LogP contribution in [-0.4, -0.2) is 43.0 Å². The van der Waals surface area contributed by atoms with Crippen LogP contribution < -0.4 is 10.1 Å². The highest BCUT2D eigenvalue weighted by Crippen LogP contribution is 2.20. The number of amides is 2. The van der Waals surface area contributed by atoms with Crippen LogP contribution in [-0.2, 0) is 9.59 Å². The standard InChI is InChI=1S/C18H25FN2O3/c1-14(22)20-10-2-5-18(23)21-11-3-4-15(12-21)13-24-17-8-6-16(19)7-9-17/h6-9,15H,2-5,10-13H2,1H3,(H,20,22)/t15-/m0/s1. The molecule has 0 aromatic heterocycles. The molecule has 5 nitrogen and oxygen atoms in total. The third-order valence-corrected chi connectivity index (χ3v) is 4.11. The molecule has 0 unspecified atom stereocenters. The van der Waals surface area contributed by atoms with E-state index in [-0.39, 0.29) is 17.6 Å². The summed E-state index contributed by atoms with van der Waals surface area (Å²) >= 11 is 0. The van der Waals surface area contributed by atoms with Gasteiger partial charge in [0.2, 0.25) is 11.8 Å². The molecule has 0 radical (unpaired) electrons. The summed E-state index contributed by atoms with van der Waals surface area (Å²) in [6.45, 7) is 4.01. The van der Waals surface area contributed by atoms with E-state index in [0.717, 1.165) is 19.4 Å². The molecule has 0 saturated carbocycles. The van der Waals surface area contributed by atoms with Crippen LogP contribution >= 0.6 is 0 Å². The van der Waals surface area contributed by atoms with E-state index in [2.05, 4.69) is 5.32 Å². The van der Waals surface area contributed by atoms with E-state index in [4.69, 9.17) is 4.74 Å². The first-order valence-corrected chi connectivity index (χ1v) is 8.45. The molecule has 1 N–H and O–H groups in total. The highest BCUT2D eigenvalue weighted by molar-refractivity contribution is 5.76. The second-order valence-electron chi connectivity index (χ2n) is 6.20. The third-order valence-electron chi connectivity index (χ3n) is 4.11. The lowest BCUT2D eigenvalue weighted by atomic mass is 9.98. The van der Waals surface area contributed by atoms with Gasteiger partial charge in [-0.05, 0) is 43.5 Å². The average molecular weight is 336 g/mol. The van der Waals surface area contributed by atoms with E-state index in [9.17, 15) is 14.0 Å². The van der Waals surface area contributed by atoms with Crippen molar-refractivity contribution >= 4 is 11.8 Å². The number of carbonyl (C=O) groups is 2. The zero-order valence-corrected chi connectivity index (χ0v) is 14.1. The van der Waals surface area contributed by atoms with Crippen molar-refractivity contribution in [2.75, 3.05) is 26.2 Å². The molecule has 24 heavy (non-hydrogen) atoms. The Labute approximate surface area is 142 Å². The van der Waals surface area contributed by atoms with Crippen LogP contribution in [0, 0.1) is 11.7 Å². The van der Waals surface area contributed by atoms with Gasteiger partial charge in [0.1, 0.15) is 11.6 Å². The van der Waals surface area contributed by atoms with Gasteiger partial charge in [-0.3, -0.25) is 9.59 Å². The topological polar surface area (TPSA) is 58.6 Å². The number of rotatable bonds is 7. The first-order valence-electron chi connectivity index (χ1n) is 8.45. The van der Waals surface area contributed by atoms with Crippen LogP contribution in [0.25, 0.3) is 0 Å². The summed E-state index contributed by atoms with van der Waals surface area (Å²) in [5.41, 5.74) is 0. The number of hydrogen-bond donors (Lipinski definition) is 1. The molecule has 0 bridgehead atoms. The maximum Gasteiger partial charge on any atom is 0.222 e. The number of nitrogens with one attached hydrogen (secondary N) is 1. The largest absolute Gasteiger partial charge is 0.493 e. The molecule has 0 aliphatic carbocycles. The first kappa shape index (κ1) is 18.2. The van der Waals surface area contributed by atoms with Crippen molar-refractivity contribution in [2.45, 2.75) is 32.6 Å². The zero-order chi connectivity index (χ0) is 17.4. The number of carbonyl (C=O) groups excluding carboxylic acids is 2. The Morgan fingerprint density at radius 2 is 2.08 bits per heavy atom. The second kappa shape index (κ2) is 9.25. The van der Waals surface area contributed by atoms with Crippen molar-refractivity contribution in [3.8, 4) is 5.75 Å². The highest BCUT2D eigenvalue weighted by Gasteiger charge is 2.23. The fraction of sp³-hybridized carbons (Fsp3) is 0.556. The number of hydrogen-bond acceptors (Lipinski definition) is 3. The van der Waals surface area contributed by atoms with Crippen LogP contribution in [0.1, 0.15) is 32.6 Å². The lowest BCUT2D eigenvalue weighted by Crippen LogP contribution is -2.41. The quantitative estimate of drug-likeness (QED) is 0.778. The second-order valence-corrected chi connectivity index (χ2v) is 6.20. The highest BCUT2D eigenvalue weighted by atomic mass is 19.1. The number of benzene rings is 1. The fourth-order valence-corrected chi connectivity index (χ4v) is 2.83. The van der Waals surface area contributed by atoms with Crippen molar-refractivity contribution in [3.05, 3.63) is 30.1 Å². The van der Waals surface area contributed by atoms with Crippen LogP contribution in [0.2, 0.25) is 0 Å². The number of halogens is 1. The van der Waals surface area contributed by atoms with E-state index in [1.165, 1.54) is 19.1 Å². The Bertz CT molecular complexity index is 548. The number of ether oxygens (including phenoxy) is 1. The van der Waals surface area contributed by atoms with Crippen molar-refractivity contribution in [1.29, 1.82) is 0 Å². The van der Waals surface area contributed by atoms with Gasteiger partial charge in [0.05, 0.1) is 6.61 Å². The van der Waals surface area contributed by atoms with Gasteiger partial charge >= 0.3 is 0 Å². The van der Waals surface area contributed by atoms with E-state index in [1.54, 1.807) is 12.1 Å². The smallest absolute Gasteiger partial charge is 0.222 e. The monoisotopic (exact) mass is 336 g/mol. The van der Waals surface area contributed by atoms with E-state index < -0.39 is 0 Å². The minimum absolute atomic E-state index is 0.0709.